The Kier molecular flexibility index (Phi) is 6.05. The summed E-state index contributed by atoms with van der Waals surface area (Å²) in [4.78, 5) is 16.2. The van der Waals surface area contributed by atoms with Crippen LogP contribution in [0.25, 0.3) is 44.8 Å². The van der Waals surface area contributed by atoms with Crippen LogP contribution in [0.1, 0.15) is 11.1 Å². The van der Waals surface area contributed by atoms with Crippen molar-refractivity contribution in [2.75, 3.05) is 0 Å². The lowest BCUT2D eigenvalue weighted by Crippen LogP contribution is -1.85. The summed E-state index contributed by atoms with van der Waals surface area (Å²) in [6.45, 7) is 0. The van der Waals surface area contributed by atoms with Crippen LogP contribution in [0, 0.1) is 22.7 Å². The SMILES string of the molecule is N#Cc1cccc(Oc2ccc3nc(-c4ccc(-c5nc6ccc(Oc7cccc(C#N)c7)cc6[nH]5)cc4)[nH]c3c2)c1. The fourth-order valence-electron chi connectivity index (χ4n) is 4.69. The molecule has 0 unspecified atom stereocenters. The van der Waals surface area contributed by atoms with Crippen molar-refractivity contribution in [1.82, 2.24) is 19.9 Å². The van der Waals surface area contributed by atoms with Crippen LogP contribution in [-0.2, 0) is 0 Å². The summed E-state index contributed by atoms with van der Waals surface area (Å²) in [5.41, 5.74) is 6.29. The fourth-order valence-corrected chi connectivity index (χ4v) is 4.69. The van der Waals surface area contributed by atoms with E-state index in [1.807, 2.05) is 72.8 Å². The number of nitrogens with zero attached hydrogens (tertiary/aromatic N) is 4. The monoisotopic (exact) mass is 544 g/mol. The number of fused-ring (bicyclic) bond motifs is 2. The van der Waals surface area contributed by atoms with E-state index >= 15 is 0 Å². The second-order valence-corrected chi connectivity index (χ2v) is 9.59. The number of aromatic amines is 2. The van der Waals surface area contributed by atoms with E-state index in [0.717, 1.165) is 44.8 Å². The minimum Gasteiger partial charge on any atom is -0.457 e. The van der Waals surface area contributed by atoms with Crippen molar-refractivity contribution in [3.63, 3.8) is 0 Å². The first kappa shape index (κ1) is 24.6. The molecule has 0 aliphatic heterocycles. The van der Waals surface area contributed by atoms with Gasteiger partial charge >= 0.3 is 0 Å². The Morgan fingerprint density at radius 3 is 1.36 bits per heavy atom. The molecule has 0 saturated heterocycles. The number of ether oxygens (including phenoxy) is 2. The first-order chi connectivity index (χ1) is 20.6. The lowest BCUT2D eigenvalue weighted by atomic mass is 10.1. The zero-order valence-corrected chi connectivity index (χ0v) is 22.0. The van der Waals surface area contributed by atoms with E-state index in [-0.39, 0.29) is 0 Å². The molecule has 7 rings (SSSR count). The number of H-pyrrole nitrogens is 2. The third-order valence-electron chi connectivity index (χ3n) is 6.74. The molecule has 2 aromatic heterocycles. The van der Waals surface area contributed by atoms with Gasteiger partial charge in [0.15, 0.2) is 0 Å². The predicted molar refractivity (Wildman–Crippen MR) is 159 cm³/mol. The second kappa shape index (κ2) is 10.3. The molecule has 0 saturated carbocycles. The molecular weight excluding hydrogens is 524 g/mol. The minimum absolute atomic E-state index is 0.543. The zero-order chi connectivity index (χ0) is 28.5. The number of aromatic nitrogens is 4. The summed E-state index contributed by atoms with van der Waals surface area (Å²) in [5.74, 6) is 3.99. The van der Waals surface area contributed by atoms with Gasteiger partial charge in [-0.05, 0) is 60.7 Å². The molecular formula is C34H20N6O2. The lowest BCUT2D eigenvalue weighted by molar-refractivity contribution is 0.483. The van der Waals surface area contributed by atoms with Crippen LogP contribution >= 0.6 is 0 Å². The van der Waals surface area contributed by atoms with E-state index in [2.05, 4.69) is 22.1 Å². The number of benzene rings is 5. The van der Waals surface area contributed by atoms with Gasteiger partial charge in [0, 0.05) is 23.3 Å². The van der Waals surface area contributed by atoms with Gasteiger partial charge in [0.05, 0.1) is 45.3 Å². The molecule has 0 aliphatic rings. The number of hydrogen-bond donors (Lipinski definition) is 2. The van der Waals surface area contributed by atoms with Gasteiger partial charge in [-0.3, -0.25) is 0 Å². The number of nitriles is 2. The molecule has 8 nitrogen and oxygen atoms in total. The van der Waals surface area contributed by atoms with E-state index in [4.69, 9.17) is 30.0 Å². The van der Waals surface area contributed by atoms with E-state index in [1.165, 1.54) is 0 Å². The largest absolute Gasteiger partial charge is 0.457 e. The number of rotatable bonds is 6. The van der Waals surface area contributed by atoms with Gasteiger partial charge in [-0.2, -0.15) is 10.5 Å². The molecule has 0 amide bonds. The van der Waals surface area contributed by atoms with Crippen molar-refractivity contribution < 1.29 is 9.47 Å². The molecule has 0 aliphatic carbocycles. The summed E-state index contributed by atoms with van der Waals surface area (Å²) >= 11 is 0. The highest BCUT2D eigenvalue weighted by molar-refractivity contribution is 5.83. The van der Waals surface area contributed by atoms with Crippen LogP contribution in [0.3, 0.4) is 0 Å². The van der Waals surface area contributed by atoms with Crippen molar-refractivity contribution in [3.8, 4) is 57.9 Å². The van der Waals surface area contributed by atoms with E-state index in [0.29, 0.717) is 34.1 Å². The standard InChI is InChI=1S/C34H20N6O2/c35-19-21-3-1-5-25(15-21)41-27-11-13-29-31(17-27)39-33(37-29)23-7-9-24(10-8-23)34-38-30-14-12-28(18-32(30)40-34)42-26-6-2-4-22(16-26)20-36/h1-18H,(H,37,39)(H,38,40). The van der Waals surface area contributed by atoms with E-state index in [1.54, 1.807) is 36.4 Å². The van der Waals surface area contributed by atoms with Crippen molar-refractivity contribution in [2.45, 2.75) is 0 Å². The van der Waals surface area contributed by atoms with Crippen LogP contribution in [0.4, 0.5) is 0 Å². The van der Waals surface area contributed by atoms with E-state index < -0.39 is 0 Å². The summed E-state index contributed by atoms with van der Waals surface area (Å²) in [7, 11) is 0. The molecule has 2 N–H and O–H groups in total. The number of imidazole rings is 2. The molecule has 2 heterocycles. The fraction of sp³-hybridized carbons (Fsp3) is 0. The Bertz CT molecular complexity index is 2020. The summed E-state index contributed by atoms with van der Waals surface area (Å²) < 4.78 is 11.9. The van der Waals surface area contributed by atoms with Crippen LogP contribution in [0.15, 0.2) is 109 Å². The molecule has 0 radical (unpaired) electrons. The minimum atomic E-state index is 0.543. The topological polar surface area (TPSA) is 123 Å². The van der Waals surface area contributed by atoms with Gasteiger partial charge in [-0.25, -0.2) is 9.97 Å². The van der Waals surface area contributed by atoms with Crippen LogP contribution in [0.2, 0.25) is 0 Å². The Morgan fingerprint density at radius 2 is 0.929 bits per heavy atom. The smallest absolute Gasteiger partial charge is 0.138 e. The van der Waals surface area contributed by atoms with Crippen molar-refractivity contribution in [1.29, 1.82) is 10.5 Å². The van der Waals surface area contributed by atoms with Gasteiger partial charge in [-0.1, -0.05) is 36.4 Å². The maximum atomic E-state index is 9.13. The van der Waals surface area contributed by atoms with Gasteiger partial charge in [0.25, 0.3) is 0 Å². The maximum Gasteiger partial charge on any atom is 0.138 e. The molecule has 0 atom stereocenters. The average molecular weight is 545 g/mol. The molecule has 0 bridgehead atoms. The second-order valence-electron chi connectivity index (χ2n) is 9.59. The van der Waals surface area contributed by atoms with Gasteiger partial charge < -0.3 is 19.4 Å². The average Bonchev–Trinajstić information content (AvgIpc) is 3.65. The predicted octanol–water partition coefficient (Wildman–Crippen LogP) is 8.10. The summed E-state index contributed by atoms with van der Waals surface area (Å²) in [5, 5.41) is 18.3. The Labute approximate surface area is 240 Å². The Hall–Kier alpha value is -6.38. The van der Waals surface area contributed by atoms with Crippen LogP contribution in [0.5, 0.6) is 23.0 Å². The third-order valence-corrected chi connectivity index (χ3v) is 6.74. The molecule has 5 aromatic carbocycles. The van der Waals surface area contributed by atoms with Crippen molar-refractivity contribution >= 4 is 22.1 Å². The molecule has 7 aromatic rings. The van der Waals surface area contributed by atoms with Crippen molar-refractivity contribution in [3.05, 3.63) is 120 Å². The number of nitrogens with one attached hydrogen (secondary N) is 2. The highest BCUT2D eigenvalue weighted by atomic mass is 16.5. The molecule has 198 valence electrons. The molecule has 42 heavy (non-hydrogen) atoms. The molecule has 0 fully saturated rings. The van der Waals surface area contributed by atoms with E-state index in [9.17, 15) is 0 Å². The first-order valence-electron chi connectivity index (χ1n) is 13.1. The molecule has 0 spiro atoms. The van der Waals surface area contributed by atoms with Crippen LogP contribution in [-0.4, -0.2) is 19.9 Å². The van der Waals surface area contributed by atoms with Gasteiger partial charge in [0.1, 0.15) is 34.6 Å². The maximum absolute atomic E-state index is 9.13. The molecule has 8 heteroatoms. The Balaban J connectivity index is 1.10. The summed E-state index contributed by atoms with van der Waals surface area (Å²) in [6.07, 6.45) is 0. The third kappa shape index (κ3) is 4.88. The first-order valence-corrected chi connectivity index (χ1v) is 13.1. The zero-order valence-electron chi connectivity index (χ0n) is 22.0. The van der Waals surface area contributed by atoms with Crippen LogP contribution < -0.4 is 9.47 Å². The van der Waals surface area contributed by atoms with Gasteiger partial charge in [-0.15, -0.1) is 0 Å². The number of hydrogen-bond acceptors (Lipinski definition) is 6. The Morgan fingerprint density at radius 1 is 0.500 bits per heavy atom. The summed E-state index contributed by atoms with van der Waals surface area (Å²) in [6, 6.07) is 37.7. The lowest BCUT2D eigenvalue weighted by Gasteiger charge is -2.05. The van der Waals surface area contributed by atoms with Crippen molar-refractivity contribution in [2.24, 2.45) is 0 Å². The highest BCUT2D eigenvalue weighted by Crippen LogP contribution is 2.30. The normalized spacial score (nSPS) is 10.8. The highest BCUT2D eigenvalue weighted by Gasteiger charge is 2.11. The van der Waals surface area contributed by atoms with Gasteiger partial charge in [0.2, 0.25) is 0 Å². The quantitative estimate of drug-likeness (QED) is 0.218.